The fourth-order valence-electron chi connectivity index (χ4n) is 4.12. The van der Waals surface area contributed by atoms with Crippen LogP contribution in [0.15, 0.2) is 24.3 Å². The van der Waals surface area contributed by atoms with Crippen LogP contribution in [0.5, 0.6) is 11.5 Å². The second-order valence-corrected chi connectivity index (χ2v) is 9.87. The quantitative estimate of drug-likeness (QED) is 0.364. The van der Waals surface area contributed by atoms with Gasteiger partial charge in [-0.05, 0) is 78.8 Å². The molecule has 0 fully saturated rings. The summed E-state index contributed by atoms with van der Waals surface area (Å²) < 4.78 is 0. The highest BCUT2D eigenvalue weighted by Gasteiger charge is 2.15. The summed E-state index contributed by atoms with van der Waals surface area (Å²) in [7, 11) is 0. The van der Waals surface area contributed by atoms with Crippen LogP contribution in [0.4, 0.5) is 0 Å². The molecule has 0 atom stereocenters. The molecule has 0 aliphatic rings. The number of carbonyl (C=O) groups is 2. The van der Waals surface area contributed by atoms with Gasteiger partial charge >= 0.3 is 0 Å². The highest BCUT2D eigenvalue weighted by atomic mass is 16.3. The second-order valence-electron chi connectivity index (χ2n) is 9.87. The fraction of sp³-hybridized carbons (Fsp3) is 0.500. The third-order valence-electron chi connectivity index (χ3n) is 6.06. The van der Waals surface area contributed by atoms with Crippen LogP contribution in [0.25, 0.3) is 0 Å². The number of amides is 2. The fourth-order valence-corrected chi connectivity index (χ4v) is 4.12. The maximum atomic E-state index is 12.4. The van der Waals surface area contributed by atoms with Crippen LogP contribution in [0, 0.1) is 13.8 Å². The first-order chi connectivity index (χ1) is 15.9. The Morgan fingerprint density at radius 1 is 0.706 bits per heavy atom. The molecule has 2 aromatic carbocycles. The molecule has 0 radical (unpaired) electrons. The van der Waals surface area contributed by atoms with Gasteiger partial charge in [0.15, 0.2) is 0 Å². The third kappa shape index (κ3) is 7.51. The molecule has 0 saturated carbocycles. The van der Waals surface area contributed by atoms with Gasteiger partial charge in [-0.15, -0.1) is 0 Å². The van der Waals surface area contributed by atoms with Crippen LogP contribution in [0.1, 0.15) is 92.7 Å². The van der Waals surface area contributed by atoms with Crippen LogP contribution < -0.4 is 10.6 Å². The van der Waals surface area contributed by atoms with Crippen molar-refractivity contribution in [3.63, 3.8) is 0 Å². The SMILES string of the molecule is Cc1cc(CCC(=O)NC(C)NC(=O)CCc2cc(C)c(O)c(C(C)C)c2)cc(C(C)C)c1O. The first-order valence-corrected chi connectivity index (χ1v) is 12.1. The molecule has 0 unspecified atom stereocenters. The lowest BCUT2D eigenvalue weighted by molar-refractivity contribution is -0.124. The standard InChI is InChI=1S/C28H40N2O4/c1-16(2)23-14-21(12-18(5)27(23)33)8-10-25(31)29-20(7)30-26(32)11-9-22-13-19(6)28(34)24(15-22)17(3)4/h12-17,20,33-34H,8-11H2,1-7H3,(H,29,31)(H,30,32). The molecule has 0 bridgehead atoms. The van der Waals surface area contributed by atoms with E-state index in [1.807, 2.05) is 65.8 Å². The van der Waals surface area contributed by atoms with Crippen LogP contribution >= 0.6 is 0 Å². The molecule has 2 aromatic rings. The average molecular weight is 469 g/mol. The minimum atomic E-state index is -0.472. The van der Waals surface area contributed by atoms with Gasteiger partial charge in [0.25, 0.3) is 0 Å². The summed E-state index contributed by atoms with van der Waals surface area (Å²) in [5, 5.41) is 26.1. The molecular weight excluding hydrogens is 428 g/mol. The lowest BCUT2D eigenvalue weighted by Gasteiger charge is -2.17. The smallest absolute Gasteiger partial charge is 0.221 e. The minimum absolute atomic E-state index is 0.139. The van der Waals surface area contributed by atoms with Crippen molar-refractivity contribution in [2.24, 2.45) is 0 Å². The number of hydrogen-bond donors (Lipinski definition) is 4. The Kier molecular flexibility index (Phi) is 9.54. The molecule has 6 heteroatoms. The predicted octanol–water partition coefficient (Wildman–Crippen LogP) is 5.11. The Labute approximate surface area is 203 Å². The normalized spacial score (nSPS) is 11.4. The monoisotopic (exact) mass is 468 g/mol. The van der Waals surface area contributed by atoms with Crippen molar-refractivity contribution in [3.8, 4) is 11.5 Å². The molecule has 0 aliphatic heterocycles. The summed E-state index contributed by atoms with van der Waals surface area (Å²) in [5.41, 5.74) is 5.42. The molecule has 34 heavy (non-hydrogen) atoms. The lowest BCUT2D eigenvalue weighted by Crippen LogP contribution is -2.46. The van der Waals surface area contributed by atoms with Crippen molar-refractivity contribution in [3.05, 3.63) is 57.6 Å². The molecule has 0 spiro atoms. The maximum absolute atomic E-state index is 12.4. The Bertz CT molecular complexity index is 946. The Morgan fingerprint density at radius 3 is 1.38 bits per heavy atom. The zero-order valence-electron chi connectivity index (χ0n) is 21.6. The van der Waals surface area contributed by atoms with Crippen LogP contribution in [-0.2, 0) is 22.4 Å². The molecule has 0 heterocycles. The number of phenolic OH excluding ortho intramolecular Hbond substituents is 2. The maximum Gasteiger partial charge on any atom is 0.221 e. The van der Waals surface area contributed by atoms with Crippen LogP contribution in [0.3, 0.4) is 0 Å². The van der Waals surface area contributed by atoms with Gasteiger partial charge in [-0.25, -0.2) is 0 Å². The first-order valence-electron chi connectivity index (χ1n) is 12.1. The number of aryl methyl sites for hydroxylation is 4. The molecule has 2 rings (SSSR count). The number of phenols is 2. The summed E-state index contributed by atoms with van der Waals surface area (Å²) in [4.78, 5) is 24.8. The molecule has 0 aliphatic carbocycles. The van der Waals surface area contributed by atoms with Crippen molar-refractivity contribution < 1.29 is 19.8 Å². The van der Waals surface area contributed by atoms with Crippen molar-refractivity contribution in [2.45, 2.75) is 92.2 Å². The molecule has 186 valence electrons. The van der Waals surface area contributed by atoms with Gasteiger partial charge < -0.3 is 20.8 Å². The predicted molar refractivity (Wildman–Crippen MR) is 136 cm³/mol. The number of aromatic hydroxyl groups is 2. The van der Waals surface area contributed by atoms with Gasteiger partial charge in [0.1, 0.15) is 11.5 Å². The molecule has 4 N–H and O–H groups in total. The van der Waals surface area contributed by atoms with E-state index >= 15 is 0 Å². The Balaban J connectivity index is 1.84. The Hall–Kier alpha value is -3.02. The van der Waals surface area contributed by atoms with Crippen molar-refractivity contribution in [2.75, 3.05) is 0 Å². The summed E-state index contributed by atoms with van der Waals surface area (Å²) >= 11 is 0. The molecule has 0 aromatic heterocycles. The summed E-state index contributed by atoms with van der Waals surface area (Å²) in [6.45, 7) is 13.6. The van der Waals surface area contributed by atoms with Gasteiger partial charge in [0, 0.05) is 12.8 Å². The number of rotatable bonds is 10. The highest BCUT2D eigenvalue weighted by molar-refractivity contribution is 5.79. The van der Waals surface area contributed by atoms with E-state index in [1.54, 1.807) is 6.92 Å². The first kappa shape index (κ1) is 27.2. The number of benzene rings is 2. The summed E-state index contributed by atoms with van der Waals surface area (Å²) in [5.74, 6) is 0.765. The molecule has 6 nitrogen and oxygen atoms in total. The van der Waals surface area contributed by atoms with Gasteiger partial charge in [-0.1, -0.05) is 52.0 Å². The van der Waals surface area contributed by atoms with E-state index in [1.165, 1.54) is 0 Å². The highest BCUT2D eigenvalue weighted by Crippen LogP contribution is 2.31. The van der Waals surface area contributed by atoms with Gasteiger partial charge in [-0.3, -0.25) is 9.59 Å². The van der Waals surface area contributed by atoms with Crippen LogP contribution in [0.2, 0.25) is 0 Å². The Morgan fingerprint density at radius 2 is 1.06 bits per heavy atom. The van der Waals surface area contributed by atoms with E-state index in [9.17, 15) is 19.8 Å². The minimum Gasteiger partial charge on any atom is -0.507 e. The topological polar surface area (TPSA) is 98.7 Å². The van der Waals surface area contributed by atoms with Gasteiger partial charge in [-0.2, -0.15) is 0 Å². The summed E-state index contributed by atoms with van der Waals surface area (Å²) in [6.07, 6.45) is 1.25. The van der Waals surface area contributed by atoms with Gasteiger partial charge in [0.05, 0.1) is 6.17 Å². The van der Waals surface area contributed by atoms with E-state index in [-0.39, 0.29) is 23.7 Å². The third-order valence-corrected chi connectivity index (χ3v) is 6.06. The number of hydrogen-bond acceptors (Lipinski definition) is 4. The van der Waals surface area contributed by atoms with E-state index in [0.29, 0.717) is 37.2 Å². The molecule has 2 amide bonds. The van der Waals surface area contributed by atoms with Crippen LogP contribution in [-0.4, -0.2) is 28.2 Å². The zero-order chi connectivity index (χ0) is 25.6. The average Bonchev–Trinajstić information content (AvgIpc) is 2.74. The molecular formula is C28H40N2O4. The lowest BCUT2D eigenvalue weighted by atomic mass is 9.95. The van der Waals surface area contributed by atoms with Crippen molar-refractivity contribution >= 4 is 11.8 Å². The van der Waals surface area contributed by atoms with E-state index in [4.69, 9.17) is 0 Å². The van der Waals surface area contributed by atoms with E-state index in [2.05, 4.69) is 10.6 Å². The van der Waals surface area contributed by atoms with Crippen molar-refractivity contribution in [1.29, 1.82) is 0 Å². The zero-order valence-corrected chi connectivity index (χ0v) is 21.6. The second kappa shape index (κ2) is 11.9. The number of carbonyl (C=O) groups excluding carboxylic acids is 2. The number of nitrogens with one attached hydrogen (secondary N) is 2. The van der Waals surface area contributed by atoms with E-state index < -0.39 is 6.17 Å². The molecule has 0 saturated heterocycles. The van der Waals surface area contributed by atoms with E-state index in [0.717, 1.165) is 33.4 Å². The van der Waals surface area contributed by atoms with Gasteiger partial charge in [0.2, 0.25) is 11.8 Å². The summed E-state index contributed by atoms with van der Waals surface area (Å²) in [6, 6.07) is 7.74. The largest absolute Gasteiger partial charge is 0.507 e. The van der Waals surface area contributed by atoms with Crippen molar-refractivity contribution in [1.82, 2.24) is 10.6 Å².